The van der Waals surface area contributed by atoms with Gasteiger partial charge in [0, 0.05) is 19.2 Å². The molecule has 2 aromatic rings. The molecule has 2 aromatic heterocycles. The molecule has 4 heteroatoms. The number of hydrogen-bond acceptors (Lipinski definition) is 3. The monoisotopic (exact) mass is 244 g/mol. The van der Waals surface area contributed by atoms with Gasteiger partial charge in [-0.15, -0.1) is 0 Å². The first-order chi connectivity index (χ1) is 8.74. The Labute approximate surface area is 108 Å². The Morgan fingerprint density at radius 3 is 3.11 bits per heavy atom. The Balaban J connectivity index is 1.75. The zero-order chi connectivity index (χ0) is 12.5. The van der Waals surface area contributed by atoms with Crippen LogP contribution in [0.1, 0.15) is 24.7 Å². The van der Waals surface area contributed by atoms with Crippen molar-refractivity contribution in [1.29, 1.82) is 0 Å². The van der Waals surface area contributed by atoms with Crippen LogP contribution in [0.3, 0.4) is 0 Å². The highest BCUT2D eigenvalue weighted by molar-refractivity contribution is 5.39. The Morgan fingerprint density at radius 1 is 1.44 bits per heavy atom. The van der Waals surface area contributed by atoms with Gasteiger partial charge in [-0.3, -0.25) is 0 Å². The summed E-state index contributed by atoms with van der Waals surface area (Å²) >= 11 is 0. The van der Waals surface area contributed by atoms with Gasteiger partial charge in [-0.25, -0.2) is 9.50 Å². The van der Waals surface area contributed by atoms with E-state index in [0.717, 1.165) is 30.4 Å². The molecule has 4 nitrogen and oxygen atoms in total. The molecule has 0 aromatic carbocycles. The third-order valence-electron chi connectivity index (χ3n) is 3.83. The maximum absolute atomic E-state index is 4.62. The fraction of sp³-hybridized carbons (Fsp3) is 0.571. The normalized spacial score (nSPS) is 20.9. The third-order valence-corrected chi connectivity index (χ3v) is 3.83. The minimum Gasteiger partial charge on any atom is -0.303 e. The van der Waals surface area contributed by atoms with E-state index in [0.29, 0.717) is 0 Å². The first kappa shape index (κ1) is 11.7. The van der Waals surface area contributed by atoms with Gasteiger partial charge >= 0.3 is 0 Å². The average Bonchev–Trinajstić information content (AvgIpc) is 2.95. The molecule has 0 spiro atoms. The highest BCUT2D eigenvalue weighted by Gasteiger charge is 2.22. The minimum absolute atomic E-state index is 0.725. The predicted octanol–water partition coefficient (Wildman–Crippen LogP) is 1.92. The molecule has 3 rings (SSSR count). The number of hydrogen-bond donors (Lipinski definition) is 0. The lowest BCUT2D eigenvalue weighted by Crippen LogP contribution is -2.20. The molecular weight excluding hydrogens is 224 g/mol. The summed E-state index contributed by atoms with van der Waals surface area (Å²) in [6, 6.07) is 4.16. The van der Waals surface area contributed by atoms with Crippen LogP contribution in [0.2, 0.25) is 0 Å². The molecular formula is C14H20N4. The number of likely N-dealkylation sites (tertiary alicyclic amines) is 1. The predicted molar refractivity (Wildman–Crippen MR) is 71.6 cm³/mol. The molecule has 3 heterocycles. The van der Waals surface area contributed by atoms with Gasteiger partial charge in [0.1, 0.15) is 0 Å². The van der Waals surface area contributed by atoms with Crippen LogP contribution in [0.25, 0.3) is 5.65 Å². The first-order valence-corrected chi connectivity index (χ1v) is 6.79. The summed E-state index contributed by atoms with van der Waals surface area (Å²) in [5.74, 6) is 1.71. The lowest BCUT2D eigenvalue weighted by molar-refractivity contribution is 0.341. The molecule has 1 saturated heterocycles. The van der Waals surface area contributed by atoms with E-state index in [9.17, 15) is 0 Å². The smallest absolute Gasteiger partial charge is 0.155 e. The van der Waals surface area contributed by atoms with Crippen molar-refractivity contribution >= 4 is 5.65 Å². The van der Waals surface area contributed by atoms with Crippen LogP contribution in [-0.4, -0.2) is 39.1 Å². The summed E-state index contributed by atoms with van der Waals surface area (Å²) in [6.45, 7) is 7.91. The SMILES string of the molecule is CCN1CCC(Cc2nc3cc(C)ccn3n2)C1. The van der Waals surface area contributed by atoms with Crippen molar-refractivity contribution in [2.75, 3.05) is 19.6 Å². The quantitative estimate of drug-likeness (QED) is 0.827. The van der Waals surface area contributed by atoms with Gasteiger partial charge in [0.25, 0.3) is 0 Å². The van der Waals surface area contributed by atoms with Gasteiger partial charge in [0.05, 0.1) is 0 Å². The van der Waals surface area contributed by atoms with Crippen molar-refractivity contribution in [2.45, 2.75) is 26.7 Å². The van der Waals surface area contributed by atoms with Crippen LogP contribution in [0.15, 0.2) is 18.3 Å². The highest BCUT2D eigenvalue weighted by Crippen LogP contribution is 2.19. The molecule has 1 aliphatic rings. The van der Waals surface area contributed by atoms with Crippen molar-refractivity contribution in [1.82, 2.24) is 19.5 Å². The summed E-state index contributed by atoms with van der Waals surface area (Å²) < 4.78 is 1.88. The number of aromatic nitrogens is 3. The zero-order valence-corrected chi connectivity index (χ0v) is 11.1. The second-order valence-corrected chi connectivity index (χ2v) is 5.29. The van der Waals surface area contributed by atoms with Crippen LogP contribution >= 0.6 is 0 Å². The topological polar surface area (TPSA) is 33.4 Å². The maximum atomic E-state index is 4.62. The molecule has 0 saturated carbocycles. The number of fused-ring (bicyclic) bond motifs is 1. The molecule has 0 amide bonds. The standard InChI is InChI=1S/C14H20N4/c1-3-17-6-5-12(10-17)9-13-15-14-8-11(2)4-7-18(14)16-13/h4,7-8,12H,3,5-6,9-10H2,1-2H3. The van der Waals surface area contributed by atoms with Gasteiger partial charge in [-0.1, -0.05) is 6.92 Å². The van der Waals surface area contributed by atoms with Crippen molar-refractivity contribution in [3.8, 4) is 0 Å². The molecule has 0 aliphatic carbocycles. The first-order valence-electron chi connectivity index (χ1n) is 6.79. The number of rotatable bonds is 3. The van der Waals surface area contributed by atoms with Crippen molar-refractivity contribution in [3.63, 3.8) is 0 Å². The van der Waals surface area contributed by atoms with Crippen LogP contribution in [0, 0.1) is 12.8 Å². The number of pyridine rings is 1. The van der Waals surface area contributed by atoms with Crippen molar-refractivity contribution < 1.29 is 0 Å². The molecule has 0 N–H and O–H groups in total. The van der Waals surface area contributed by atoms with Crippen LogP contribution in [0.5, 0.6) is 0 Å². The summed E-state index contributed by atoms with van der Waals surface area (Å²) in [5.41, 5.74) is 2.20. The Morgan fingerprint density at radius 2 is 2.33 bits per heavy atom. The minimum atomic E-state index is 0.725. The Hall–Kier alpha value is -1.42. The summed E-state index contributed by atoms with van der Waals surface area (Å²) in [4.78, 5) is 7.13. The van der Waals surface area contributed by atoms with Crippen LogP contribution in [-0.2, 0) is 6.42 Å². The summed E-state index contributed by atoms with van der Waals surface area (Å²) in [6.07, 6.45) is 4.29. The lowest BCUT2D eigenvalue weighted by Gasteiger charge is -2.11. The maximum Gasteiger partial charge on any atom is 0.155 e. The second kappa shape index (κ2) is 4.69. The summed E-state index contributed by atoms with van der Waals surface area (Å²) in [7, 11) is 0. The van der Waals surface area contributed by atoms with E-state index in [4.69, 9.17) is 0 Å². The lowest BCUT2D eigenvalue weighted by atomic mass is 10.1. The van der Waals surface area contributed by atoms with E-state index in [1.54, 1.807) is 0 Å². The molecule has 1 aliphatic heterocycles. The van der Waals surface area contributed by atoms with E-state index in [-0.39, 0.29) is 0 Å². The van der Waals surface area contributed by atoms with E-state index >= 15 is 0 Å². The van der Waals surface area contributed by atoms with Gasteiger partial charge in [0.2, 0.25) is 0 Å². The van der Waals surface area contributed by atoms with Gasteiger partial charge in [-0.05, 0) is 50.0 Å². The van der Waals surface area contributed by atoms with Gasteiger partial charge < -0.3 is 4.90 Å². The molecule has 96 valence electrons. The molecule has 1 unspecified atom stereocenters. The molecule has 18 heavy (non-hydrogen) atoms. The van der Waals surface area contributed by atoms with Gasteiger partial charge in [0.15, 0.2) is 11.5 Å². The van der Waals surface area contributed by atoms with E-state index in [2.05, 4.69) is 41.0 Å². The van der Waals surface area contributed by atoms with Crippen molar-refractivity contribution in [2.24, 2.45) is 5.92 Å². The van der Waals surface area contributed by atoms with E-state index < -0.39 is 0 Å². The largest absolute Gasteiger partial charge is 0.303 e. The molecule has 0 radical (unpaired) electrons. The highest BCUT2D eigenvalue weighted by atomic mass is 15.3. The number of aryl methyl sites for hydroxylation is 1. The number of nitrogens with zero attached hydrogens (tertiary/aromatic N) is 4. The second-order valence-electron chi connectivity index (χ2n) is 5.29. The summed E-state index contributed by atoms with van der Waals surface area (Å²) in [5, 5.41) is 4.56. The van der Waals surface area contributed by atoms with Crippen molar-refractivity contribution in [3.05, 3.63) is 29.7 Å². The molecule has 1 atom stereocenters. The van der Waals surface area contributed by atoms with Crippen LogP contribution < -0.4 is 0 Å². The van der Waals surface area contributed by atoms with Crippen LogP contribution in [0.4, 0.5) is 0 Å². The Bertz CT molecular complexity index is 546. The van der Waals surface area contributed by atoms with E-state index in [1.807, 2.05) is 10.7 Å². The average molecular weight is 244 g/mol. The molecule has 0 bridgehead atoms. The zero-order valence-electron chi connectivity index (χ0n) is 11.1. The Kier molecular flexibility index (Phi) is 3.04. The fourth-order valence-corrected chi connectivity index (χ4v) is 2.74. The molecule has 1 fully saturated rings. The third kappa shape index (κ3) is 2.25. The fourth-order valence-electron chi connectivity index (χ4n) is 2.74. The van der Waals surface area contributed by atoms with E-state index in [1.165, 1.54) is 25.1 Å². The van der Waals surface area contributed by atoms with Gasteiger partial charge in [-0.2, -0.15) is 5.10 Å².